The molecule has 0 saturated carbocycles. The molecule has 0 aliphatic carbocycles. The van der Waals surface area contributed by atoms with Crippen molar-refractivity contribution < 1.29 is 14.3 Å². The highest BCUT2D eigenvalue weighted by molar-refractivity contribution is 6.04. The van der Waals surface area contributed by atoms with Gasteiger partial charge in [0.05, 0.1) is 19.9 Å². The molecule has 0 fully saturated rings. The molecule has 0 atom stereocenters. The second-order valence-corrected chi connectivity index (χ2v) is 6.01. The van der Waals surface area contributed by atoms with Crippen LogP contribution in [0.15, 0.2) is 54.6 Å². The van der Waals surface area contributed by atoms with Crippen molar-refractivity contribution in [2.24, 2.45) is 0 Å². The Labute approximate surface area is 163 Å². The Hall–Kier alpha value is -3.61. The highest BCUT2D eigenvalue weighted by atomic mass is 16.5. The Morgan fingerprint density at radius 3 is 2.39 bits per heavy atom. The lowest BCUT2D eigenvalue weighted by atomic mass is 10.2. The molecule has 144 valence electrons. The molecule has 7 nitrogen and oxygen atoms in total. The molecule has 2 aromatic carbocycles. The van der Waals surface area contributed by atoms with E-state index in [1.165, 1.54) is 0 Å². The van der Waals surface area contributed by atoms with Gasteiger partial charge in [0, 0.05) is 18.2 Å². The molecule has 1 amide bonds. The zero-order valence-electron chi connectivity index (χ0n) is 16.0. The van der Waals surface area contributed by atoms with Crippen molar-refractivity contribution >= 4 is 17.4 Å². The van der Waals surface area contributed by atoms with Gasteiger partial charge < -0.3 is 20.1 Å². The van der Waals surface area contributed by atoms with Crippen LogP contribution in [-0.2, 0) is 6.54 Å². The number of aryl methyl sites for hydroxylation is 1. The van der Waals surface area contributed by atoms with Crippen LogP contribution in [0.2, 0.25) is 0 Å². The molecule has 0 aliphatic heterocycles. The fourth-order valence-corrected chi connectivity index (χ4v) is 2.74. The van der Waals surface area contributed by atoms with Gasteiger partial charge in [0.15, 0.2) is 0 Å². The van der Waals surface area contributed by atoms with E-state index < -0.39 is 0 Å². The van der Waals surface area contributed by atoms with E-state index in [4.69, 9.17) is 9.47 Å². The number of carbonyl (C=O) groups is 1. The second kappa shape index (κ2) is 8.85. The first-order valence-corrected chi connectivity index (χ1v) is 8.76. The summed E-state index contributed by atoms with van der Waals surface area (Å²) in [5.74, 6) is 2.08. The Balaban J connectivity index is 1.76. The number of anilines is 2. The summed E-state index contributed by atoms with van der Waals surface area (Å²) in [5, 5.41) is 6.04. The molecule has 0 aliphatic rings. The Bertz CT molecular complexity index is 975. The molecule has 28 heavy (non-hydrogen) atoms. The average molecular weight is 378 g/mol. The first kappa shape index (κ1) is 19.2. The molecule has 1 heterocycles. The number of rotatable bonds is 7. The largest absolute Gasteiger partial charge is 0.496 e. The molecule has 0 unspecified atom stereocenters. The van der Waals surface area contributed by atoms with Crippen molar-refractivity contribution in [3.63, 3.8) is 0 Å². The Morgan fingerprint density at radius 1 is 0.964 bits per heavy atom. The molecule has 3 rings (SSSR count). The SMILES string of the molecule is COc1ccccc1CNc1cc(C(=O)Nc2ccccc2OC)nc(C)n1. The number of hydrogen-bond donors (Lipinski definition) is 2. The number of benzene rings is 2. The van der Waals surface area contributed by atoms with E-state index in [9.17, 15) is 4.79 Å². The van der Waals surface area contributed by atoms with E-state index in [1.807, 2.05) is 36.4 Å². The molecule has 3 aromatic rings. The van der Waals surface area contributed by atoms with Crippen LogP contribution in [0.1, 0.15) is 21.9 Å². The minimum absolute atomic E-state index is 0.265. The van der Waals surface area contributed by atoms with Crippen LogP contribution in [0, 0.1) is 6.92 Å². The van der Waals surface area contributed by atoms with E-state index in [-0.39, 0.29) is 11.6 Å². The summed E-state index contributed by atoms with van der Waals surface area (Å²) in [4.78, 5) is 21.3. The molecule has 2 N–H and O–H groups in total. The van der Waals surface area contributed by atoms with Crippen molar-refractivity contribution in [1.82, 2.24) is 9.97 Å². The van der Waals surface area contributed by atoms with E-state index >= 15 is 0 Å². The molecule has 0 spiro atoms. The average Bonchev–Trinajstić information content (AvgIpc) is 2.72. The monoisotopic (exact) mass is 378 g/mol. The van der Waals surface area contributed by atoms with Gasteiger partial charge in [-0.1, -0.05) is 30.3 Å². The lowest BCUT2D eigenvalue weighted by Gasteiger charge is -2.12. The van der Waals surface area contributed by atoms with Crippen LogP contribution in [0.3, 0.4) is 0 Å². The van der Waals surface area contributed by atoms with Crippen molar-refractivity contribution in [2.75, 3.05) is 24.9 Å². The van der Waals surface area contributed by atoms with Gasteiger partial charge in [-0.3, -0.25) is 4.79 Å². The third kappa shape index (κ3) is 4.56. The second-order valence-electron chi connectivity index (χ2n) is 6.01. The zero-order chi connectivity index (χ0) is 19.9. The van der Waals surface area contributed by atoms with Crippen LogP contribution < -0.4 is 20.1 Å². The summed E-state index contributed by atoms with van der Waals surface area (Å²) in [6.07, 6.45) is 0. The van der Waals surface area contributed by atoms with Gasteiger partial charge in [0.2, 0.25) is 0 Å². The fourth-order valence-electron chi connectivity index (χ4n) is 2.74. The van der Waals surface area contributed by atoms with E-state index in [0.717, 1.165) is 11.3 Å². The van der Waals surface area contributed by atoms with Crippen LogP contribution in [0.25, 0.3) is 0 Å². The molecular weight excluding hydrogens is 356 g/mol. The Kier molecular flexibility index (Phi) is 6.06. The summed E-state index contributed by atoms with van der Waals surface area (Å²) in [5.41, 5.74) is 1.83. The summed E-state index contributed by atoms with van der Waals surface area (Å²) < 4.78 is 10.6. The molecular formula is C21H22N4O3. The maximum absolute atomic E-state index is 12.7. The number of nitrogens with one attached hydrogen (secondary N) is 2. The number of para-hydroxylation sites is 3. The molecule has 7 heteroatoms. The maximum atomic E-state index is 12.7. The van der Waals surface area contributed by atoms with Gasteiger partial charge in [-0.05, 0) is 25.1 Å². The fraction of sp³-hybridized carbons (Fsp3) is 0.190. The third-order valence-corrected chi connectivity index (χ3v) is 4.08. The zero-order valence-corrected chi connectivity index (χ0v) is 16.0. The summed E-state index contributed by atoms with van der Waals surface area (Å²) in [7, 11) is 3.19. The van der Waals surface area contributed by atoms with Crippen LogP contribution in [0.5, 0.6) is 11.5 Å². The van der Waals surface area contributed by atoms with Gasteiger partial charge in [-0.15, -0.1) is 0 Å². The van der Waals surface area contributed by atoms with Crippen LogP contribution in [-0.4, -0.2) is 30.1 Å². The van der Waals surface area contributed by atoms with Gasteiger partial charge >= 0.3 is 0 Å². The number of carbonyl (C=O) groups excluding carboxylic acids is 1. The normalized spacial score (nSPS) is 10.2. The summed E-state index contributed by atoms with van der Waals surface area (Å²) in [6.45, 7) is 2.25. The lowest BCUT2D eigenvalue weighted by molar-refractivity contribution is 0.102. The first-order valence-electron chi connectivity index (χ1n) is 8.76. The maximum Gasteiger partial charge on any atom is 0.274 e. The lowest BCUT2D eigenvalue weighted by Crippen LogP contribution is -2.16. The van der Waals surface area contributed by atoms with Gasteiger partial charge in [-0.25, -0.2) is 9.97 Å². The minimum atomic E-state index is -0.338. The molecule has 1 aromatic heterocycles. The van der Waals surface area contributed by atoms with E-state index in [2.05, 4.69) is 20.6 Å². The quantitative estimate of drug-likeness (QED) is 0.653. The molecule has 0 saturated heterocycles. The van der Waals surface area contributed by atoms with Crippen molar-refractivity contribution in [3.8, 4) is 11.5 Å². The molecule has 0 radical (unpaired) electrons. The summed E-state index contributed by atoms with van der Waals surface area (Å²) >= 11 is 0. The van der Waals surface area contributed by atoms with Gasteiger partial charge in [0.1, 0.15) is 28.8 Å². The topological polar surface area (TPSA) is 85.4 Å². The first-order chi connectivity index (χ1) is 13.6. The van der Waals surface area contributed by atoms with Gasteiger partial charge in [0.25, 0.3) is 5.91 Å². The third-order valence-electron chi connectivity index (χ3n) is 4.08. The smallest absolute Gasteiger partial charge is 0.274 e. The van der Waals surface area contributed by atoms with Crippen molar-refractivity contribution in [2.45, 2.75) is 13.5 Å². The molecule has 0 bridgehead atoms. The number of hydrogen-bond acceptors (Lipinski definition) is 6. The van der Waals surface area contributed by atoms with Crippen LogP contribution in [0.4, 0.5) is 11.5 Å². The van der Waals surface area contributed by atoms with E-state index in [0.29, 0.717) is 29.6 Å². The van der Waals surface area contributed by atoms with Gasteiger partial charge in [-0.2, -0.15) is 0 Å². The number of nitrogens with zero attached hydrogens (tertiary/aromatic N) is 2. The predicted molar refractivity (Wildman–Crippen MR) is 108 cm³/mol. The van der Waals surface area contributed by atoms with Crippen LogP contribution >= 0.6 is 0 Å². The standard InChI is InChI=1S/C21H22N4O3/c1-14-23-17(21(26)25-16-9-5-7-11-19(16)28-3)12-20(24-14)22-13-15-8-4-6-10-18(15)27-2/h4-12H,13H2,1-3H3,(H,25,26)(H,22,23,24). The number of aromatic nitrogens is 2. The van der Waals surface area contributed by atoms with E-state index in [1.54, 1.807) is 39.3 Å². The van der Waals surface area contributed by atoms with Crippen molar-refractivity contribution in [3.05, 3.63) is 71.7 Å². The predicted octanol–water partition coefficient (Wildman–Crippen LogP) is 3.67. The number of amides is 1. The Morgan fingerprint density at radius 2 is 1.64 bits per heavy atom. The number of methoxy groups -OCH3 is 2. The highest BCUT2D eigenvalue weighted by Gasteiger charge is 2.13. The minimum Gasteiger partial charge on any atom is -0.496 e. The highest BCUT2D eigenvalue weighted by Crippen LogP contribution is 2.24. The number of ether oxygens (including phenoxy) is 2. The summed E-state index contributed by atoms with van der Waals surface area (Å²) in [6, 6.07) is 16.5. The van der Waals surface area contributed by atoms with Crippen molar-refractivity contribution in [1.29, 1.82) is 0 Å².